The molecule has 0 bridgehead atoms. The van der Waals surface area contributed by atoms with Gasteiger partial charge in [0.25, 0.3) is 0 Å². The third-order valence-corrected chi connectivity index (χ3v) is 3.41. The molecular formula is C13H21IN2. The molecule has 0 aliphatic carbocycles. The first kappa shape index (κ1) is 13.9. The molecule has 0 saturated heterocycles. The van der Waals surface area contributed by atoms with Crippen LogP contribution in [0.1, 0.15) is 25.8 Å². The van der Waals surface area contributed by atoms with Crippen molar-refractivity contribution in [1.29, 1.82) is 0 Å². The highest BCUT2D eigenvalue weighted by molar-refractivity contribution is 14.1. The average molecular weight is 332 g/mol. The zero-order valence-electron chi connectivity index (χ0n) is 10.1. The van der Waals surface area contributed by atoms with Gasteiger partial charge in [-0.2, -0.15) is 0 Å². The third kappa shape index (κ3) is 5.82. The molecule has 0 aliphatic rings. The summed E-state index contributed by atoms with van der Waals surface area (Å²) < 4.78 is 1.34. The third-order valence-electron chi connectivity index (χ3n) is 2.36. The van der Waals surface area contributed by atoms with E-state index in [0.717, 1.165) is 19.6 Å². The van der Waals surface area contributed by atoms with Crippen LogP contribution in [-0.4, -0.2) is 19.1 Å². The van der Waals surface area contributed by atoms with E-state index in [0.29, 0.717) is 6.04 Å². The van der Waals surface area contributed by atoms with Gasteiger partial charge in [0.05, 0.1) is 0 Å². The van der Waals surface area contributed by atoms with Gasteiger partial charge in [0.1, 0.15) is 0 Å². The average Bonchev–Trinajstić information content (AvgIpc) is 2.25. The van der Waals surface area contributed by atoms with E-state index in [4.69, 9.17) is 0 Å². The lowest BCUT2D eigenvalue weighted by molar-refractivity contribution is 0.547. The number of hydrogen-bond donors (Lipinski definition) is 2. The van der Waals surface area contributed by atoms with Gasteiger partial charge in [-0.1, -0.05) is 32.0 Å². The highest BCUT2D eigenvalue weighted by Crippen LogP contribution is 2.10. The standard InChI is InChI=1S/C13H21IN2/c1-11(2)16-9-5-8-15-10-12-6-3-4-7-13(12)14/h3-4,6-7,11,15-16H,5,8-10H2,1-2H3. The van der Waals surface area contributed by atoms with Gasteiger partial charge in [-0.05, 0) is 53.7 Å². The van der Waals surface area contributed by atoms with Crippen molar-refractivity contribution in [2.45, 2.75) is 32.9 Å². The zero-order chi connectivity index (χ0) is 11.8. The molecule has 1 aromatic rings. The van der Waals surface area contributed by atoms with Gasteiger partial charge in [0.15, 0.2) is 0 Å². The van der Waals surface area contributed by atoms with Gasteiger partial charge in [-0.15, -0.1) is 0 Å². The van der Waals surface area contributed by atoms with Gasteiger partial charge in [0.2, 0.25) is 0 Å². The van der Waals surface area contributed by atoms with Crippen LogP contribution in [0.3, 0.4) is 0 Å². The van der Waals surface area contributed by atoms with Gasteiger partial charge in [0, 0.05) is 16.2 Å². The molecule has 0 fully saturated rings. The predicted molar refractivity (Wildman–Crippen MR) is 78.6 cm³/mol. The first-order chi connectivity index (χ1) is 7.70. The molecule has 0 spiro atoms. The summed E-state index contributed by atoms with van der Waals surface area (Å²) in [6.45, 7) is 7.50. The summed E-state index contributed by atoms with van der Waals surface area (Å²) in [5.74, 6) is 0. The normalized spacial score (nSPS) is 11.0. The summed E-state index contributed by atoms with van der Waals surface area (Å²) in [5.41, 5.74) is 1.39. The van der Waals surface area contributed by atoms with Crippen molar-refractivity contribution in [2.75, 3.05) is 13.1 Å². The molecule has 0 aromatic heterocycles. The number of nitrogens with one attached hydrogen (secondary N) is 2. The summed E-state index contributed by atoms with van der Waals surface area (Å²) >= 11 is 2.39. The van der Waals surface area contributed by atoms with E-state index >= 15 is 0 Å². The molecule has 0 radical (unpaired) electrons. The van der Waals surface area contributed by atoms with Crippen LogP contribution in [0.25, 0.3) is 0 Å². The summed E-state index contributed by atoms with van der Waals surface area (Å²) in [6.07, 6.45) is 1.18. The van der Waals surface area contributed by atoms with Crippen LogP contribution in [0, 0.1) is 3.57 Å². The Morgan fingerprint density at radius 1 is 1.19 bits per heavy atom. The van der Waals surface area contributed by atoms with Crippen LogP contribution in [0.4, 0.5) is 0 Å². The molecule has 16 heavy (non-hydrogen) atoms. The molecule has 0 saturated carbocycles. The van der Waals surface area contributed by atoms with E-state index in [2.05, 4.69) is 71.3 Å². The van der Waals surface area contributed by atoms with Crippen LogP contribution in [0.15, 0.2) is 24.3 Å². The minimum atomic E-state index is 0.593. The van der Waals surface area contributed by atoms with Crippen LogP contribution >= 0.6 is 22.6 Å². The summed E-state index contributed by atoms with van der Waals surface area (Å²) in [6, 6.07) is 9.10. The van der Waals surface area contributed by atoms with Gasteiger partial charge in [-0.3, -0.25) is 0 Å². The predicted octanol–water partition coefficient (Wildman–Crippen LogP) is 2.77. The van der Waals surface area contributed by atoms with Gasteiger partial charge >= 0.3 is 0 Å². The Morgan fingerprint density at radius 3 is 2.62 bits per heavy atom. The summed E-state index contributed by atoms with van der Waals surface area (Å²) in [5, 5.41) is 6.89. The zero-order valence-corrected chi connectivity index (χ0v) is 12.3. The molecule has 2 nitrogen and oxygen atoms in total. The van der Waals surface area contributed by atoms with Crippen LogP contribution in [0.2, 0.25) is 0 Å². The van der Waals surface area contributed by atoms with Crippen molar-refractivity contribution in [1.82, 2.24) is 10.6 Å². The number of rotatable bonds is 7. The fourth-order valence-electron chi connectivity index (χ4n) is 1.47. The smallest absolute Gasteiger partial charge is 0.0216 e. The lowest BCUT2D eigenvalue weighted by Crippen LogP contribution is -2.26. The molecule has 1 rings (SSSR count). The highest BCUT2D eigenvalue weighted by Gasteiger charge is 1.97. The Kier molecular flexibility index (Phi) is 7.00. The van der Waals surface area contributed by atoms with Crippen LogP contribution in [-0.2, 0) is 6.54 Å². The van der Waals surface area contributed by atoms with Gasteiger partial charge in [-0.25, -0.2) is 0 Å². The van der Waals surface area contributed by atoms with Crippen molar-refractivity contribution >= 4 is 22.6 Å². The van der Waals surface area contributed by atoms with Crippen molar-refractivity contribution in [2.24, 2.45) is 0 Å². The Balaban J connectivity index is 2.10. The number of halogens is 1. The molecule has 1 aromatic carbocycles. The van der Waals surface area contributed by atoms with Crippen molar-refractivity contribution in [3.63, 3.8) is 0 Å². The van der Waals surface area contributed by atoms with E-state index in [1.165, 1.54) is 15.6 Å². The molecule has 0 unspecified atom stereocenters. The second-order valence-corrected chi connectivity index (χ2v) is 5.39. The lowest BCUT2D eigenvalue weighted by Gasteiger charge is -2.09. The first-order valence-corrected chi connectivity index (χ1v) is 6.95. The van der Waals surface area contributed by atoms with E-state index in [1.54, 1.807) is 0 Å². The molecule has 0 heterocycles. The molecule has 90 valence electrons. The molecular weight excluding hydrogens is 311 g/mol. The Bertz CT molecular complexity index is 300. The maximum absolute atomic E-state index is 3.47. The minimum absolute atomic E-state index is 0.593. The van der Waals surface area contributed by atoms with Crippen molar-refractivity contribution in [3.05, 3.63) is 33.4 Å². The Labute approximate surface area is 112 Å². The van der Waals surface area contributed by atoms with E-state index in [-0.39, 0.29) is 0 Å². The molecule has 0 atom stereocenters. The Morgan fingerprint density at radius 2 is 1.94 bits per heavy atom. The fourth-order valence-corrected chi connectivity index (χ4v) is 2.05. The second kappa shape index (κ2) is 8.03. The maximum Gasteiger partial charge on any atom is 0.0216 e. The summed E-state index contributed by atoms with van der Waals surface area (Å²) in [4.78, 5) is 0. The van der Waals surface area contributed by atoms with E-state index in [9.17, 15) is 0 Å². The summed E-state index contributed by atoms with van der Waals surface area (Å²) in [7, 11) is 0. The van der Waals surface area contributed by atoms with Gasteiger partial charge < -0.3 is 10.6 Å². The van der Waals surface area contributed by atoms with E-state index < -0.39 is 0 Å². The van der Waals surface area contributed by atoms with Crippen LogP contribution in [0.5, 0.6) is 0 Å². The second-order valence-electron chi connectivity index (χ2n) is 4.23. The SMILES string of the molecule is CC(C)NCCCNCc1ccccc1I. The molecule has 2 N–H and O–H groups in total. The van der Waals surface area contributed by atoms with E-state index in [1.807, 2.05) is 0 Å². The lowest BCUT2D eigenvalue weighted by atomic mass is 10.2. The fraction of sp³-hybridized carbons (Fsp3) is 0.538. The maximum atomic E-state index is 3.47. The highest BCUT2D eigenvalue weighted by atomic mass is 127. The monoisotopic (exact) mass is 332 g/mol. The Hall–Kier alpha value is -0.130. The van der Waals surface area contributed by atoms with Crippen molar-refractivity contribution in [3.8, 4) is 0 Å². The molecule has 0 aliphatic heterocycles. The van der Waals surface area contributed by atoms with Crippen LogP contribution < -0.4 is 10.6 Å². The number of hydrogen-bond acceptors (Lipinski definition) is 2. The minimum Gasteiger partial charge on any atom is -0.314 e. The topological polar surface area (TPSA) is 24.1 Å². The number of benzene rings is 1. The molecule has 3 heteroatoms. The van der Waals surface area contributed by atoms with Crippen molar-refractivity contribution < 1.29 is 0 Å². The quantitative estimate of drug-likeness (QED) is 0.593. The largest absolute Gasteiger partial charge is 0.314 e. The molecule has 0 amide bonds. The first-order valence-electron chi connectivity index (χ1n) is 5.87.